The third kappa shape index (κ3) is 10.8. The van der Waals surface area contributed by atoms with Crippen molar-refractivity contribution in [3.63, 3.8) is 0 Å². The van der Waals surface area contributed by atoms with Gasteiger partial charge in [-0.05, 0) is 24.0 Å². The zero-order chi connectivity index (χ0) is 23.5. The van der Waals surface area contributed by atoms with E-state index in [2.05, 4.69) is 114 Å². The van der Waals surface area contributed by atoms with E-state index in [0.29, 0.717) is 0 Å². The zero-order valence-electron chi connectivity index (χ0n) is 21.4. The van der Waals surface area contributed by atoms with Crippen LogP contribution in [0.3, 0.4) is 0 Å². The van der Waals surface area contributed by atoms with E-state index < -0.39 is 0 Å². The van der Waals surface area contributed by atoms with Crippen LogP contribution in [-0.4, -0.2) is 5.43 Å². The summed E-state index contributed by atoms with van der Waals surface area (Å²) in [5.41, 5.74) is 10.9. The molecule has 2 aromatic rings. The molecule has 0 aliphatic heterocycles. The summed E-state index contributed by atoms with van der Waals surface area (Å²) in [6, 6.07) is 17.7. The number of halogens is 2. The van der Waals surface area contributed by atoms with Crippen LogP contribution in [0.1, 0.15) is 62.8 Å². The van der Waals surface area contributed by atoms with E-state index in [4.69, 9.17) is 0 Å². The van der Waals surface area contributed by atoms with Crippen molar-refractivity contribution in [2.24, 2.45) is 0 Å². The zero-order valence-corrected chi connectivity index (χ0v) is 26.3. The van der Waals surface area contributed by atoms with Gasteiger partial charge in [-0.1, -0.05) is 76.2 Å². The fourth-order valence-electron chi connectivity index (χ4n) is 3.62. The molecule has 0 N–H and O–H groups in total. The molecule has 4 rings (SSSR count). The van der Waals surface area contributed by atoms with Crippen molar-refractivity contribution in [1.82, 2.24) is 0 Å². The van der Waals surface area contributed by atoms with Gasteiger partial charge in [-0.2, -0.15) is 23.3 Å². The summed E-state index contributed by atoms with van der Waals surface area (Å²) in [5, 5.41) is 0. The average molecular weight is 587 g/mol. The SMILES string of the molecule is CCc1ccc(C2=CC[C-]=C2C)cc1.CCc1ccc(C2=CC[C-]=C2C)cc1.C[Si](C)=[Zr+2].[Cl-].[Cl-]. The number of benzene rings is 2. The third-order valence-electron chi connectivity index (χ3n) is 5.50. The molecule has 0 heterocycles. The molecule has 0 nitrogen and oxygen atoms in total. The van der Waals surface area contributed by atoms with Gasteiger partial charge in [0.25, 0.3) is 0 Å². The summed E-state index contributed by atoms with van der Waals surface area (Å²) < 4.78 is 0. The Labute approximate surface area is 235 Å². The molecule has 2 aliphatic carbocycles. The van der Waals surface area contributed by atoms with Crippen LogP contribution in [0.5, 0.6) is 0 Å². The summed E-state index contributed by atoms with van der Waals surface area (Å²) in [4.78, 5) is 0. The Balaban J connectivity index is 0.000000528. The molecule has 4 heteroatoms. The molecule has 0 amide bonds. The number of aryl methyl sites for hydroxylation is 2. The molecule has 34 heavy (non-hydrogen) atoms. The van der Waals surface area contributed by atoms with Crippen LogP contribution in [0.15, 0.2) is 71.8 Å². The molecular formula is C30H36Cl2SiZr-2. The van der Waals surface area contributed by atoms with Crippen molar-refractivity contribution in [2.75, 3.05) is 0 Å². The predicted molar refractivity (Wildman–Crippen MR) is 139 cm³/mol. The quantitative estimate of drug-likeness (QED) is 0.382. The molecule has 180 valence electrons. The maximum absolute atomic E-state index is 3.32. The maximum Gasteiger partial charge on any atom is -1.00 e. The largest absolute Gasteiger partial charge is 1.00 e. The second-order valence-corrected chi connectivity index (χ2v) is 17.7. The van der Waals surface area contributed by atoms with Crippen molar-refractivity contribution in [1.29, 1.82) is 0 Å². The van der Waals surface area contributed by atoms with Gasteiger partial charge in [0.2, 0.25) is 0 Å². The summed E-state index contributed by atoms with van der Waals surface area (Å²) in [7, 11) is 0. The number of hydrogen-bond acceptors (Lipinski definition) is 0. The molecule has 0 atom stereocenters. The number of rotatable bonds is 4. The Morgan fingerprint density at radius 3 is 1.18 bits per heavy atom. The third-order valence-corrected chi connectivity index (χ3v) is 5.50. The van der Waals surface area contributed by atoms with Gasteiger partial charge in [-0.25, -0.2) is 11.1 Å². The van der Waals surface area contributed by atoms with E-state index in [9.17, 15) is 0 Å². The molecule has 2 aliphatic rings. The predicted octanol–water partition coefficient (Wildman–Crippen LogP) is 2.36. The topological polar surface area (TPSA) is 0 Å². The van der Waals surface area contributed by atoms with E-state index in [-0.39, 0.29) is 30.2 Å². The van der Waals surface area contributed by atoms with Crippen LogP contribution in [0.4, 0.5) is 0 Å². The van der Waals surface area contributed by atoms with Gasteiger partial charge in [0, 0.05) is 0 Å². The normalized spacial score (nSPS) is 13.4. The van der Waals surface area contributed by atoms with Gasteiger partial charge in [-0.15, -0.1) is 24.0 Å². The molecule has 0 unspecified atom stereocenters. The molecule has 2 aromatic carbocycles. The fraction of sp³-hybridized carbons (Fsp3) is 0.333. The monoisotopic (exact) mass is 584 g/mol. The first-order chi connectivity index (χ1) is 15.3. The van der Waals surface area contributed by atoms with Crippen molar-refractivity contribution in [3.8, 4) is 0 Å². The molecule has 0 aromatic heterocycles. The van der Waals surface area contributed by atoms with Crippen molar-refractivity contribution in [2.45, 2.75) is 66.5 Å². The van der Waals surface area contributed by atoms with Gasteiger partial charge in [-0.3, -0.25) is 12.2 Å². The van der Waals surface area contributed by atoms with Crippen molar-refractivity contribution in [3.05, 3.63) is 106 Å². The Hall–Kier alpha value is -0.920. The van der Waals surface area contributed by atoms with E-state index in [0.717, 1.165) is 25.7 Å². The van der Waals surface area contributed by atoms with Crippen LogP contribution >= 0.6 is 0 Å². The minimum Gasteiger partial charge on any atom is -1.00 e. The summed E-state index contributed by atoms with van der Waals surface area (Å²) in [6.45, 7) is 13.2. The van der Waals surface area contributed by atoms with E-state index >= 15 is 0 Å². The minimum atomic E-state index is 0. The molecule has 0 saturated heterocycles. The first kappa shape index (κ1) is 33.1. The Kier molecular flexibility index (Phi) is 17.0. The maximum atomic E-state index is 3.32. The van der Waals surface area contributed by atoms with Crippen LogP contribution in [0, 0.1) is 12.2 Å². The Morgan fingerprint density at radius 1 is 0.676 bits per heavy atom. The van der Waals surface area contributed by atoms with Gasteiger partial charge < -0.3 is 24.8 Å². The Bertz CT molecular complexity index is 943. The average Bonchev–Trinajstić information content (AvgIpc) is 3.42. The van der Waals surface area contributed by atoms with Crippen LogP contribution in [-0.2, 0) is 36.2 Å². The van der Waals surface area contributed by atoms with Gasteiger partial charge in [0.15, 0.2) is 0 Å². The first-order valence-electron chi connectivity index (χ1n) is 11.6. The second-order valence-electron chi connectivity index (χ2n) is 8.35. The van der Waals surface area contributed by atoms with Gasteiger partial charge >= 0.3 is 41.9 Å². The van der Waals surface area contributed by atoms with Crippen LogP contribution in [0.2, 0.25) is 13.1 Å². The summed E-state index contributed by atoms with van der Waals surface area (Å²) in [5.74, 6) is 0. The van der Waals surface area contributed by atoms with E-state index in [1.807, 2.05) is 0 Å². The van der Waals surface area contributed by atoms with Gasteiger partial charge in [0.05, 0.1) is 0 Å². The van der Waals surface area contributed by atoms with Gasteiger partial charge in [0.1, 0.15) is 0 Å². The van der Waals surface area contributed by atoms with Crippen LogP contribution < -0.4 is 24.8 Å². The molecular weight excluding hydrogens is 551 g/mol. The molecule has 0 spiro atoms. The molecule has 0 radical (unpaired) electrons. The minimum absolute atomic E-state index is 0. The molecule has 0 saturated carbocycles. The van der Waals surface area contributed by atoms with Crippen molar-refractivity contribution >= 4 is 16.6 Å². The number of hydrogen-bond donors (Lipinski definition) is 0. The standard InChI is InChI=1S/2C14H15.C2H6Si.2ClH.Zr/c2*1-3-12-7-9-13(10-8-12)14-6-4-5-11(14)2;1-3-2;;;/h2*6-10H,3-4H2,1-2H3;1-2H3;2*1H;/q2*-1;;;;+2/p-2. The molecule has 0 bridgehead atoms. The van der Waals surface area contributed by atoms with Crippen molar-refractivity contribution < 1.29 is 48.1 Å². The molecule has 0 fully saturated rings. The van der Waals surface area contributed by atoms with E-state index in [1.165, 1.54) is 44.5 Å². The number of allylic oxidation sites excluding steroid dienone is 8. The summed E-state index contributed by atoms with van der Waals surface area (Å²) in [6.07, 6.45) is 15.3. The van der Waals surface area contributed by atoms with Crippen LogP contribution in [0.25, 0.3) is 11.1 Å². The fourth-order valence-corrected chi connectivity index (χ4v) is 3.62. The Morgan fingerprint density at radius 2 is 0.971 bits per heavy atom. The summed E-state index contributed by atoms with van der Waals surface area (Å²) >= 11 is 1.74. The smallest absolute Gasteiger partial charge is 1.00 e. The second kappa shape index (κ2) is 17.5. The van der Waals surface area contributed by atoms with E-state index in [1.54, 1.807) is 23.3 Å². The first-order valence-corrected chi connectivity index (χ1v) is 17.8.